The molecule has 7 heteroatoms. The van der Waals surface area contributed by atoms with Gasteiger partial charge in [0.2, 0.25) is 0 Å². The maximum Gasteiger partial charge on any atom is 0.262 e. The maximum absolute atomic E-state index is 13.4. The van der Waals surface area contributed by atoms with Gasteiger partial charge in [-0.1, -0.05) is 28.1 Å². The first-order chi connectivity index (χ1) is 9.83. The molecule has 0 unspecified atom stereocenters. The highest BCUT2D eigenvalue weighted by Crippen LogP contribution is 2.25. The van der Waals surface area contributed by atoms with Gasteiger partial charge in [-0.05, 0) is 42.3 Å². The smallest absolute Gasteiger partial charge is 0.262 e. The lowest BCUT2D eigenvalue weighted by Crippen LogP contribution is -2.17. The third kappa shape index (κ3) is 3.61. The largest absolute Gasteiger partial charge is 0.326 e. The molecule has 0 amide bonds. The Bertz CT molecular complexity index is 779. The summed E-state index contributed by atoms with van der Waals surface area (Å²) in [5, 5.41) is 0. The number of rotatable bonds is 4. The molecule has 0 aliphatic rings. The minimum Gasteiger partial charge on any atom is -0.326 e. The number of nitrogens with two attached hydrogens (primary N) is 1. The van der Waals surface area contributed by atoms with E-state index < -0.39 is 15.8 Å². The van der Waals surface area contributed by atoms with Crippen molar-refractivity contribution in [2.45, 2.75) is 18.4 Å². The molecule has 21 heavy (non-hydrogen) atoms. The molecule has 2 rings (SSSR count). The second-order valence-corrected chi connectivity index (χ2v) is 7.09. The van der Waals surface area contributed by atoms with E-state index in [0.29, 0.717) is 11.3 Å². The molecule has 0 fully saturated rings. The van der Waals surface area contributed by atoms with E-state index in [0.717, 1.165) is 16.1 Å². The molecule has 112 valence electrons. The van der Waals surface area contributed by atoms with E-state index in [9.17, 15) is 12.8 Å². The van der Waals surface area contributed by atoms with Crippen LogP contribution in [0.15, 0.2) is 45.8 Å². The van der Waals surface area contributed by atoms with Gasteiger partial charge in [0.05, 0.1) is 10.6 Å². The lowest BCUT2D eigenvalue weighted by atomic mass is 10.2. The maximum atomic E-state index is 13.4. The van der Waals surface area contributed by atoms with Crippen LogP contribution >= 0.6 is 15.9 Å². The number of sulfonamides is 1. The van der Waals surface area contributed by atoms with Crippen molar-refractivity contribution >= 4 is 31.6 Å². The average Bonchev–Trinajstić information content (AvgIpc) is 2.42. The molecule has 0 aliphatic carbocycles. The number of nitrogens with one attached hydrogen (secondary N) is 1. The van der Waals surface area contributed by atoms with E-state index in [-0.39, 0.29) is 11.4 Å². The number of hydrogen-bond donors (Lipinski definition) is 2. The van der Waals surface area contributed by atoms with E-state index in [1.807, 2.05) is 0 Å². The van der Waals surface area contributed by atoms with Gasteiger partial charge < -0.3 is 5.73 Å². The zero-order chi connectivity index (χ0) is 15.6. The van der Waals surface area contributed by atoms with Crippen LogP contribution in [-0.4, -0.2) is 8.42 Å². The summed E-state index contributed by atoms with van der Waals surface area (Å²) in [6, 6.07) is 8.76. The molecule has 2 aromatic carbocycles. The fourth-order valence-corrected chi connectivity index (χ4v) is 3.60. The van der Waals surface area contributed by atoms with Crippen LogP contribution in [0.2, 0.25) is 0 Å². The summed E-state index contributed by atoms with van der Waals surface area (Å²) in [6.07, 6.45) is 0. The predicted molar refractivity (Wildman–Crippen MR) is 84.0 cm³/mol. The van der Waals surface area contributed by atoms with Gasteiger partial charge in [-0.2, -0.15) is 0 Å². The molecular weight excluding hydrogens is 359 g/mol. The Balaban J connectivity index is 2.48. The van der Waals surface area contributed by atoms with Gasteiger partial charge in [-0.25, -0.2) is 12.8 Å². The first kappa shape index (κ1) is 15.9. The Morgan fingerprint density at radius 1 is 1.24 bits per heavy atom. The highest BCUT2D eigenvalue weighted by Gasteiger charge is 2.20. The molecule has 0 aromatic heterocycles. The van der Waals surface area contributed by atoms with E-state index in [1.165, 1.54) is 12.1 Å². The van der Waals surface area contributed by atoms with Gasteiger partial charge in [0.15, 0.2) is 0 Å². The number of hydrogen-bond acceptors (Lipinski definition) is 3. The fraction of sp³-hybridized carbons (Fsp3) is 0.143. The highest BCUT2D eigenvalue weighted by atomic mass is 79.9. The molecule has 4 nitrogen and oxygen atoms in total. The second kappa shape index (κ2) is 6.13. The lowest BCUT2D eigenvalue weighted by molar-refractivity contribution is 0.593. The van der Waals surface area contributed by atoms with Crippen molar-refractivity contribution in [3.05, 3.63) is 57.8 Å². The van der Waals surface area contributed by atoms with Gasteiger partial charge in [0.25, 0.3) is 10.0 Å². The summed E-state index contributed by atoms with van der Waals surface area (Å²) in [4.78, 5) is -0.149. The zero-order valence-corrected chi connectivity index (χ0v) is 13.6. The molecule has 0 saturated heterocycles. The second-order valence-electron chi connectivity index (χ2n) is 4.52. The number of benzene rings is 2. The Morgan fingerprint density at radius 2 is 1.95 bits per heavy atom. The molecule has 0 radical (unpaired) electrons. The zero-order valence-electron chi connectivity index (χ0n) is 11.2. The lowest BCUT2D eigenvalue weighted by Gasteiger charge is -2.13. The normalized spacial score (nSPS) is 11.4. The predicted octanol–water partition coefficient (Wildman–Crippen LogP) is 3.16. The Morgan fingerprint density at radius 3 is 2.62 bits per heavy atom. The molecule has 0 saturated carbocycles. The van der Waals surface area contributed by atoms with Crippen molar-refractivity contribution in [3.63, 3.8) is 0 Å². The van der Waals surface area contributed by atoms with Crippen molar-refractivity contribution < 1.29 is 12.8 Å². The first-order valence-electron chi connectivity index (χ1n) is 6.11. The van der Waals surface area contributed by atoms with Gasteiger partial charge in [0.1, 0.15) is 5.82 Å². The average molecular weight is 373 g/mol. The Kier molecular flexibility index (Phi) is 4.65. The van der Waals surface area contributed by atoms with E-state index in [4.69, 9.17) is 5.73 Å². The molecule has 0 atom stereocenters. The standard InChI is InChI=1S/C14H14BrFN2O2S/c1-9-2-4-11(15)6-13(9)18-21(19,20)14-7-12(16)5-3-10(14)8-17/h2-7,18H,8,17H2,1H3. The first-order valence-corrected chi connectivity index (χ1v) is 8.38. The van der Waals surface area contributed by atoms with Crippen LogP contribution < -0.4 is 10.5 Å². The van der Waals surface area contributed by atoms with E-state index in [2.05, 4.69) is 20.7 Å². The van der Waals surface area contributed by atoms with Gasteiger partial charge in [0, 0.05) is 11.0 Å². The van der Waals surface area contributed by atoms with Gasteiger partial charge in [-0.3, -0.25) is 4.72 Å². The van der Waals surface area contributed by atoms with Crippen molar-refractivity contribution in [3.8, 4) is 0 Å². The fourth-order valence-electron chi connectivity index (χ4n) is 1.85. The molecule has 0 spiro atoms. The Labute approximate surface area is 131 Å². The number of anilines is 1. The molecular formula is C14H14BrFN2O2S. The molecule has 0 bridgehead atoms. The van der Waals surface area contributed by atoms with Gasteiger partial charge >= 0.3 is 0 Å². The van der Waals surface area contributed by atoms with Crippen molar-refractivity contribution in [1.29, 1.82) is 0 Å². The number of aryl methyl sites for hydroxylation is 1. The highest BCUT2D eigenvalue weighted by molar-refractivity contribution is 9.10. The molecule has 0 heterocycles. The van der Waals surface area contributed by atoms with Crippen LogP contribution in [-0.2, 0) is 16.6 Å². The van der Waals surface area contributed by atoms with Crippen molar-refractivity contribution in [1.82, 2.24) is 0 Å². The van der Waals surface area contributed by atoms with Crippen molar-refractivity contribution in [2.75, 3.05) is 4.72 Å². The van der Waals surface area contributed by atoms with E-state index in [1.54, 1.807) is 25.1 Å². The summed E-state index contributed by atoms with van der Waals surface area (Å²) >= 11 is 3.29. The molecule has 3 N–H and O–H groups in total. The minimum absolute atomic E-state index is 0.00793. The SMILES string of the molecule is Cc1ccc(Br)cc1NS(=O)(=O)c1cc(F)ccc1CN. The van der Waals surface area contributed by atoms with Crippen LogP contribution in [0.5, 0.6) is 0 Å². The minimum atomic E-state index is -3.91. The summed E-state index contributed by atoms with van der Waals surface area (Å²) in [5.41, 5.74) is 7.06. The quantitative estimate of drug-likeness (QED) is 0.865. The Hall–Kier alpha value is -1.44. The van der Waals surface area contributed by atoms with Crippen LogP contribution in [0.25, 0.3) is 0 Å². The van der Waals surface area contributed by atoms with Crippen LogP contribution in [0.1, 0.15) is 11.1 Å². The summed E-state index contributed by atoms with van der Waals surface area (Å²) < 4.78 is 41.5. The number of halogens is 2. The third-order valence-electron chi connectivity index (χ3n) is 2.98. The van der Waals surface area contributed by atoms with Crippen LogP contribution in [0, 0.1) is 12.7 Å². The summed E-state index contributed by atoms with van der Waals surface area (Å²) in [5.74, 6) is -0.626. The molecule has 0 aliphatic heterocycles. The topological polar surface area (TPSA) is 72.2 Å². The monoisotopic (exact) mass is 372 g/mol. The van der Waals surface area contributed by atoms with Crippen LogP contribution in [0.4, 0.5) is 10.1 Å². The molecule has 2 aromatic rings. The summed E-state index contributed by atoms with van der Waals surface area (Å²) in [7, 11) is -3.91. The van der Waals surface area contributed by atoms with Crippen molar-refractivity contribution in [2.24, 2.45) is 5.73 Å². The van der Waals surface area contributed by atoms with Gasteiger partial charge in [-0.15, -0.1) is 0 Å². The summed E-state index contributed by atoms with van der Waals surface area (Å²) in [6.45, 7) is 1.79. The van der Waals surface area contributed by atoms with Crippen LogP contribution in [0.3, 0.4) is 0 Å². The third-order valence-corrected chi connectivity index (χ3v) is 4.92. The van der Waals surface area contributed by atoms with E-state index >= 15 is 0 Å².